The second kappa shape index (κ2) is 6.42. The average Bonchev–Trinajstić information content (AvgIpc) is 2.29. The maximum absolute atomic E-state index is 12.8. The van der Waals surface area contributed by atoms with Crippen LogP contribution in [0.2, 0.25) is 5.02 Å². The van der Waals surface area contributed by atoms with Gasteiger partial charge in [-0.15, -0.1) is 0 Å². The van der Waals surface area contributed by atoms with Crippen LogP contribution in [0.25, 0.3) is 0 Å². The molecule has 94 valence electrons. The first kappa shape index (κ1) is 13.7. The van der Waals surface area contributed by atoms with Crippen molar-refractivity contribution in [2.75, 3.05) is 32.6 Å². The molecule has 2 amide bonds. The number of urea groups is 1. The van der Waals surface area contributed by atoms with E-state index in [1.807, 2.05) is 0 Å². The number of benzene rings is 1. The summed E-state index contributed by atoms with van der Waals surface area (Å²) in [5, 5.41) is 2.74. The highest BCUT2D eigenvalue weighted by Gasteiger charge is 2.10. The van der Waals surface area contributed by atoms with Gasteiger partial charge in [0.2, 0.25) is 0 Å². The number of rotatable bonds is 4. The summed E-state index contributed by atoms with van der Waals surface area (Å²) in [4.78, 5) is 13.1. The van der Waals surface area contributed by atoms with E-state index in [0.29, 0.717) is 18.8 Å². The van der Waals surface area contributed by atoms with Crippen LogP contribution < -0.4 is 5.32 Å². The Morgan fingerprint density at radius 1 is 1.59 bits per heavy atom. The quantitative estimate of drug-likeness (QED) is 0.904. The molecule has 0 saturated carbocycles. The predicted molar refractivity (Wildman–Crippen MR) is 64.9 cm³/mol. The molecule has 17 heavy (non-hydrogen) atoms. The van der Waals surface area contributed by atoms with Crippen molar-refractivity contribution < 1.29 is 13.9 Å². The first-order valence-electron chi connectivity index (χ1n) is 5.00. The van der Waals surface area contributed by atoms with Crippen molar-refractivity contribution in [3.8, 4) is 0 Å². The second-order valence-electron chi connectivity index (χ2n) is 3.47. The monoisotopic (exact) mass is 260 g/mol. The third-order valence-corrected chi connectivity index (χ3v) is 2.46. The fraction of sp³-hybridized carbons (Fsp3) is 0.364. The van der Waals surface area contributed by atoms with E-state index in [1.54, 1.807) is 14.2 Å². The zero-order chi connectivity index (χ0) is 12.8. The SMILES string of the molecule is COCCN(C)C(=O)Nc1ccc(F)cc1Cl. The minimum absolute atomic E-state index is 0.165. The summed E-state index contributed by atoms with van der Waals surface area (Å²) in [7, 11) is 3.19. The fourth-order valence-electron chi connectivity index (χ4n) is 1.13. The Morgan fingerprint density at radius 3 is 2.88 bits per heavy atom. The van der Waals surface area contributed by atoms with Crippen molar-refractivity contribution in [2.45, 2.75) is 0 Å². The number of halogens is 2. The molecule has 0 bridgehead atoms. The number of likely N-dealkylation sites (N-methyl/N-ethyl adjacent to an activating group) is 1. The summed E-state index contributed by atoms with van der Waals surface area (Å²) in [6.45, 7) is 0.905. The molecule has 0 fully saturated rings. The van der Waals surface area contributed by atoms with Crippen molar-refractivity contribution >= 4 is 23.3 Å². The van der Waals surface area contributed by atoms with Gasteiger partial charge in [0.05, 0.1) is 17.3 Å². The van der Waals surface area contributed by atoms with E-state index in [0.717, 1.165) is 6.07 Å². The average molecular weight is 261 g/mol. The summed E-state index contributed by atoms with van der Waals surface area (Å²) < 4.78 is 17.6. The Bertz CT molecular complexity index is 401. The van der Waals surface area contributed by atoms with Gasteiger partial charge in [-0.2, -0.15) is 0 Å². The number of amides is 2. The zero-order valence-corrected chi connectivity index (χ0v) is 10.4. The minimum Gasteiger partial charge on any atom is -0.383 e. The van der Waals surface area contributed by atoms with Crippen LogP contribution >= 0.6 is 11.6 Å². The van der Waals surface area contributed by atoms with Crippen molar-refractivity contribution in [1.29, 1.82) is 0 Å². The van der Waals surface area contributed by atoms with Gasteiger partial charge in [-0.3, -0.25) is 0 Å². The summed E-state index contributed by atoms with van der Waals surface area (Å²) in [6.07, 6.45) is 0. The molecule has 0 aliphatic rings. The number of nitrogens with one attached hydrogen (secondary N) is 1. The maximum atomic E-state index is 12.8. The third kappa shape index (κ3) is 4.20. The first-order chi connectivity index (χ1) is 8.04. The molecule has 0 aromatic heterocycles. The number of anilines is 1. The number of methoxy groups -OCH3 is 1. The summed E-state index contributed by atoms with van der Waals surface area (Å²) >= 11 is 5.78. The Morgan fingerprint density at radius 2 is 2.29 bits per heavy atom. The van der Waals surface area contributed by atoms with Gasteiger partial charge in [-0.1, -0.05) is 11.6 Å². The summed E-state index contributed by atoms with van der Waals surface area (Å²) in [5.74, 6) is -0.444. The van der Waals surface area contributed by atoms with E-state index in [-0.39, 0.29) is 11.1 Å². The smallest absolute Gasteiger partial charge is 0.321 e. The van der Waals surface area contributed by atoms with E-state index in [2.05, 4.69) is 5.32 Å². The molecule has 4 nitrogen and oxygen atoms in total. The van der Waals surface area contributed by atoms with Gasteiger partial charge in [0.15, 0.2) is 0 Å². The lowest BCUT2D eigenvalue weighted by Gasteiger charge is -2.17. The molecular formula is C11H14ClFN2O2. The number of ether oxygens (including phenoxy) is 1. The van der Waals surface area contributed by atoms with Crippen LogP contribution in [0.5, 0.6) is 0 Å². The van der Waals surface area contributed by atoms with Gasteiger partial charge in [0.1, 0.15) is 5.82 Å². The highest BCUT2D eigenvalue weighted by atomic mass is 35.5. The molecule has 0 radical (unpaired) electrons. The van der Waals surface area contributed by atoms with Crippen LogP contribution in [0, 0.1) is 5.82 Å². The van der Waals surface area contributed by atoms with Gasteiger partial charge in [-0.25, -0.2) is 9.18 Å². The first-order valence-corrected chi connectivity index (χ1v) is 5.38. The van der Waals surface area contributed by atoms with Gasteiger partial charge >= 0.3 is 6.03 Å². The molecule has 1 N–H and O–H groups in total. The Labute approximate surface area is 104 Å². The van der Waals surface area contributed by atoms with Gasteiger partial charge < -0.3 is 15.0 Å². The molecule has 0 heterocycles. The van der Waals surface area contributed by atoms with E-state index < -0.39 is 5.82 Å². The lowest BCUT2D eigenvalue weighted by Crippen LogP contribution is -2.33. The molecule has 1 rings (SSSR count). The van der Waals surface area contributed by atoms with Crippen LogP contribution in [0.4, 0.5) is 14.9 Å². The van der Waals surface area contributed by atoms with Crippen LogP contribution in [0.3, 0.4) is 0 Å². The molecule has 0 atom stereocenters. The van der Waals surface area contributed by atoms with E-state index in [4.69, 9.17) is 16.3 Å². The van der Waals surface area contributed by atoms with Gasteiger partial charge in [0.25, 0.3) is 0 Å². The standard InChI is InChI=1S/C11H14ClFN2O2/c1-15(5-6-17-2)11(16)14-10-4-3-8(13)7-9(10)12/h3-4,7H,5-6H2,1-2H3,(H,14,16). The van der Waals surface area contributed by atoms with Gasteiger partial charge in [-0.05, 0) is 18.2 Å². The van der Waals surface area contributed by atoms with Crippen LogP contribution in [0.15, 0.2) is 18.2 Å². The second-order valence-corrected chi connectivity index (χ2v) is 3.88. The maximum Gasteiger partial charge on any atom is 0.321 e. The van der Waals surface area contributed by atoms with Crippen molar-refractivity contribution in [2.24, 2.45) is 0 Å². The Balaban J connectivity index is 2.61. The predicted octanol–water partition coefficient (Wildman–Crippen LogP) is 2.59. The van der Waals surface area contributed by atoms with Crippen LogP contribution in [-0.4, -0.2) is 38.2 Å². The molecule has 0 unspecified atom stereocenters. The fourth-order valence-corrected chi connectivity index (χ4v) is 1.35. The molecule has 0 aliphatic carbocycles. The lowest BCUT2D eigenvalue weighted by atomic mass is 10.3. The van der Waals surface area contributed by atoms with E-state index >= 15 is 0 Å². The van der Waals surface area contributed by atoms with E-state index in [1.165, 1.54) is 17.0 Å². The van der Waals surface area contributed by atoms with Crippen LogP contribution in [0.1, 0.15) is 0 Å². The zero-order valence-electron chi connectivity index (χ0n) is 9.67. The molecular weight excluding hydrogens is 247 g/mol. The van der Waals surface area contributed by atoms with Crippen molar-refractivity contribution in [1.82, 2.24) is 4.90 Å². The number of carbonyl (C=O) groups excluding carboxylic acids is 1. The lowest BCUT2D eigenvalue weighted by molar-refractivity contribution is 0.165. The van der Waals surface area contributed by atoms with Gasteiger partial charge in [0, 0.05) is 20.7 Å². The molecule has 1 aromatic rings. The van der Waals surface area contributed by atoms with E-state index in [9.17, 15) is 9.18 Å². The molecule has 0 spiro atoms. The number of hydrogen-bond acceptors (Lipinski definition) is 2. The number of nitrogens with zero attached hydrogens (tertiary/aromatic N) is 1. The third-order valence-electron chi connectivity index (χ3n) is 2.15. The summed E-state index contributed by atoms with van der Waals surface area (Å²) in [5.41, 5.74) is 0.377. The largest absolute Gasteiger partial charge is 0.383 e. The van der Waals surface area contributed by atoms with Crippen molar-refractivity contribution in [3.05, 3.63) is 29.0 Å². The Hall–Kier alpha value is -1.33. The normalized spacial score (nSPS) is 10.1. The summed E-state index contributed by atoms with van der Waals surface area (Å²) in [6, 6.07) is 3.47. The van der Waals surface area contributed by atoms with Crippen LogP contribution in [-0.2, 0) is 4.74 Å². The van der Waals surface area contributed by atoms with Crippen molar-refractivity contribution in [3.63, 3.8) is 0 Å². The molecule has 6 heteroatoms. The highest BCUT2D eigenvalue weighted by Crippen LogP contribution is 2.22. The molecule has 1 aromatic carbocycles. The molecule has 0 aliphatic heterocycles. The Kier molecular flexibility index (Phi) is 5.18. The molecule has 0 saturated heterocycles. The number of hydrogen-bond donors (Lipinski definition) is 1. The minimum atomic E-state index is -0.444. The topological polar surface area (TPSA) is 41.6 Å². The number of carbonyl (C=O) groups is 1. The highest BCUT2D eigenvalue weighted by molar-refractivity contribution is 6.33.